The zero-order valence-electron chi connectivity index (χ0n) is 8.64. The first-order chi connectivity index (χ1) is 7.12. The quantitative estimate of drug-likeness (QED) is 0.736. The highest BCUT2D eigenvalue weighted by Crippen LogP contribution is 2.16. The maximum atomic E-state index is 6.10. The molecule has 1 aliphatic rings. The third kappa shape index (κ3) is 1.76. The molecule has 1 aromatic rings. The molecule has 0 spiro atoms. The van der Waals surface area contributed by atoms with Crippen LogP contribution in [0.4, 0.5) is 0 Å². The van der Waals surface area contributed by atoms with Crippen LogP contribution in [0.15, 0.2) is 34.5 Å². The predicted molar refractivity (Wildman–Crippen MR) is 61.9 cm³/mol. The minimum Gasteiger partial charge on any atom is -0.384 e. The highest BCUT2D eigenvalue weighted by Gasteiger charge is 2.31. The van der Waals surface area contributed by atoms with Crippen LogP contribution in [0.1, 0.15) is 11.1 Å². The zero-order chi connectivity index (χ0) is 10.9. The van der Waals surface area contributed by atoms with Gasteiger partial charge in [-0.2, -0.15) is 5.10 Å². The molecule has 4 N–H and O–H groups in total. The van der Waals surface area contributed by atoms with E-state index in [1.807, 2.05) is 18.2 Å². The Kier molecular flexibility index (Phi) is 2.28. The lowest BCUT2D eigenvalue weighted by Gasteiger charge is -2.21. The van der Waals surface area contributed by atoms with Crippen molar-refractivity contribution in [1.82, 2.24) is 0 Å². The van der Waals surface area contributed by atoms with E-state index in [2.05, 4.69) is 23.2 Å². The second-order valence-corrected chi connectivity index (χ2v) is 3.87. The summed E-state index contributed by atoms with van der Waals surface area (Å²) in [6.07, 6.45) is 2.24. The molecular weight excluding hydrogens is 188 g/mol. The van der Waals surface area contributed by atoms with E-state index in [-0.39, 0.29) is 0 Å². The van der Waals surface area contributed by atoms with E-state index in [1.165, 1.54) is 11.1 Å². The molecule has 1 aromatic carbocycles. The summed E-state index contributed by atoms with van der Waals surface area (Å²) in [7, 11) is 0. The maximum absolute atomic E-state index is 6.10. The standard InChI is InChI=1S/C11H14N4/c1-8-4-2-3-5-9(8)6-11(13)7-14-15-10(11)12/h2-5,7H,6,13H2,1H3,(H2,12,15). The third-order valence-corrected chi connectivity index (χ3v) is 2.67. The largest absolute Gasteiger partial charge is 0.384 e. The maximum Gasteiger partial charge on any atom is 0.148 e. The molecule has 0 saturated carbocycles. The molecule has 4 heteroatoms. The predicted octanol–water partition coefficient (Wildman–Crippen LogP) is 0.592. The Morgan fingerprint density at radius 1 is 1.33 bits per heavy atom. The second kappa shape index (κ2) is 3.47. The average molecular weight is 202 g/mol. The molecule has 1 unspecified atom stereocenters. The average Bonchev–Trinajstić information content (AvgIpc) is 2.51. The lowest BCUT2D eigenvalue weighted by Crippen LogP contribution is -2.53. The summed E-state index contributed by atoms with van der Waals surface area (Å²) in [5, 5.41) is 7.51. The molecule has 0 saturated heterocycles. The molecular formula is C11H14N4. The van der Waals surface area contributed by atoms with Gasteiger partial charge in [0.1, 0.15) is 11.4 Å². The van der Waals surface area contributed by atoms with E-state index in [0.717, 1.165) is 0 Å². The van der Waals surface area contributed by atoms with Gasteiger partial charge in [0, 0.05) is 6.42 Å². The van der Waals surface area contributed by atoms with E-state index < -0.39 is 5.54 Å². The van der Waals surface area contributed by atoms with Crippen molar-refractivity contribution >= 4 is 12.1 Å². The van der Waals surface area contributed by atoms with Crippen molar-refractivity contribution in [3.8, 4) is 0 Å². The first-order valence-corrected chi connectivity index (χ1v) is 4.83. The number of hydrogen-bond acceptors (Lipinski definition) is 4. The fourth-order valence-electron chi connectivity index (χ4n) is 1.61. The van der Waals surface area contributed by atoms with E-state index >= 15 is 0 Å². The Morgan fingerprint density at radius 3 is 2.67 bits per heavy atom. The number of nitrogens with two attached hydrogens (primary N) is 2. The molecule has 0 aliphatic carbocycles. The molecule has 0 amide bonds. The minimum atomic E-state index is -0.716. The van der Waals surface area contributed by atoms with E-state index in [1.54, 1.807) is 6.21 Å². The minimum absolute atomic E-state index is 0.380. The molecule has 0 bridgehead atoms. The first-order valence-electron chi connectivity index (χ1n) is 4.83. The van der Waals surface area contributed by atoms with Gasteiger partial charge in [-0.05, 0) is 18.1 Å². The van der Waals surface area contributed by atoms with Crippen LogP contribution in [0, 0.1) is 6.92 Å². The zero-order valence-corrected chi connectivity index (χ0v) is 8.64. The molecule has 4 nitrogen and oxygen atoms in total. The Bertz CT molecular complexity index is 436. The number of aryl methyl sites for hydroxylation is 1. The van der Waals surface area contributed by atoms with Crippen LogP contribution in [-0.2, 0) is 6.42 Å². The first kappa shape index (κ1) is 9.86. The summed E-state index contributed by atoms with van der Waals surface area (Å²) < 4.78 is 0. The molecule has 0 aromatic heterocycles. The summed E-state index contributed by atoms with van der Waals surface area (Å²) in [6.45, 7) is 2.05. The van der Waals surface area contributed by atoms with Crippen LogP contribution in [0.5, 0.6) is 0 Å². The Hall–Kier alpha value is -1.68. The van der Waals surface area contributed by atoms with Crippen LogP contribution in [0.3, 0.4) is 0 Å². The summed E-state index contributed by atoms with van der Waals surface area (Å²) in [5.41, 5.74) is 13.5. The van der Waals surface area contributed by atoms with Gasteiger partial charge >= 0.3 is 0 Å². The van der Waals surface area contributed by atoms with E-state index in [4.69, 9.17) is 11.5 Å². The van der Waals surface area contributed by atoms with Crippen LogP contribution >= 0.6 is 0 Å². The molecule has 0 radical (unpaired) electrons. The van der Waals surface area contributed by atoms with Gasteiger partial charge in [-0.3, -0.25) is 0 Å². The Morgan fingerprint density at radius 2 is 2.07 bits per heavy atom. The number of benzene rings is 1. The van der Waals surface area contributed by atoms with E-state index in [0.29, 0.717) is 12.3 Å². The van der Waals surface area contributed by atoms with Crippen molar-refractivity contribution in [2.24, 2.45) is 21.7 Å². The lowest BCUT2D eigenvalue weighted by atomic mass is 9.90. The fourth-order valence-corrected chi connectivity index (χ4v) is 1.61. The number of amidine groups is 1. The van der Waals surface area contributed by atoms with Gasteiger partial charge in [0.2, 0.25) is 0 Å². The Labute approximate surface area is 88.7 Å². The fraction of sp³-hybridized carbons (Fsp3) is 0.273. The highest BCUT2D eigenvalue weighted by atomic mass is 15.3. The number of rotatable bonds is 2. The normalized spacial score (nSPS) is 24.3. The molecule has 1 atom stereocenters. The van der Waals surface area contributed by atoms with Gasteiger partial charge in [-0.25, -0.2) is 0 Å². The monoisotopic (exact) mass is 202 g/mol. The Balaban J connectivity index is 2.27. The van der Waals surface area contributed by atoms with Crippen molar-refractivity contribution in [1.29, 1.82) is 0 Å². The van der Waals surface area contributed by atoms with Gasteiger partial charge < -0.3 is 11.5 Å². The molecule has 0 fully saturated rings. The van der Waals surface area contributed by atoms with Crippen molar-refractivity contribution in [3.63, 3.8) is 0 Å². The van der Waals surface area contributed by atoms with Crippen LogP contribution in [-0.4, -0.2) is 17.6 Å². The van der Waals surface area contributed by atoms with Crippen LogP contribution < -0.4 is 11.5 Å². The third-order valence-electron chi connectivity index (χ3n) is 2.67. The van der Waals surface area contributed by atoms with Crippen LogP contribution in [0.2, 0.25) is 0 Å². The molecule has 78 valence electrons. The van der Waals surface area contributed by atoms with Gasteiger partial charge in [-0.15, -0.1) is 5.10 Å². The molecule has 15 heavy (non-hydrogen) atoms. The SMILES string of the molecule is Cc1ccccc1CC1(N)C=NN=C1N. The van der Waals surface area contributed by atoms with Gasteiger partial charge in [0.15, 0.2) is 0 Å². The lowest BCUT2D eigenvalue weighted by molar-refractivity contribution is 0.746. The number of nitrogens with zero attached hydrogens (tertiary/aromatic N) is 2. The molecule has 1 aliphatic heterocycles. The van der Waals surface area contributed by atoms with E-state index in [9.17, 15) is 0 Å². The summed E-state index contributed by atoms with van der Waals surface area (Å²) in [5.74, 6) is 0.380. The second-order valence-electron chi connectivity index (χ2n) is 3.87. The topological polar surface area (TPSA) is 76.8 Å². The summed E-state index contributed by atoms with van der Waals surface area (Å²) in [6, 6.07) is 8.09. The molecule has 2 rings (SSSR count). The molecule has 1 heterocycles. The van der Waals surface area contributed by atoms with Crippen molar-refractivity contribution in [2.45, 2.75) is 18.9 Å². The smallest absolute Gasteiger partial charge is 0.148 e. The van der Waals surface area contributed by atoms with Gasteiger partial charge in [0.25, 0.3) is 0 Å². The van der Waals surface area contributed by atoms with Gasteiger partial charge in [-0.1, -0.05) is 24.3 Å². The summed E-state index contributed by atoms with van der Waals surface area (Å²) >= 11 is 0. The van der Waals surface area contributed by atoms with Gasteiger partial charge in [0.05, 0.1) is 6.21 Å². The van der Waals surface area contributed by atoms with Crippen molar-refractivity contribution in [2.75, 3.05) is 0 Å². The van der Waals surface area contributed by atoms with Crippen molar-refractivity contribution < 1.29 is 0 Å². The highest BCUT2D eigenvalue weighted by molar-refractivity contribution is 6.08. The number of hydrogen-bond donors (Lipinski definition) is 2. The summed E-state index contributed by atoms with van der Waals surface area (Å²) in [4.78, 5) is 0. The van der Waals surface area contributed by atoms with Crippen molar-refractivity contribution in [3.05, 3.63) is 35.4 Å². The van der Waals surface area contributed by atoms with Crippen LogP contribution in [0.25, 0.3) is 0 Å².